The van der Waals surface area contributed by atoms with Crippen molar-refractivity contribution in [2.45, 2.75) is 285 Å². The van der Waals surface area contributed by atoms with Crippen molar-refractivity contribution in [1.29, 1.82) is 0 Å². The largest absolute Gasteiger partial charge is 0.494 e. The molecule has 0 N–H and O–H groups in total. The molecule has 78 heavy (non-hydrogen) atoms. The SMILES string of the molecule is CCCCCCCCCCCCOc1ccc2c(c1)c1cc(OCCCCCCCCCCCC)ccc1c1c3ccc(OCCCCCCCCCCCC)cc3c3cc(OCCCCCCCCCCCC)ccc3c21. The van der Waals surface area contributed by atoms with E-state index in [-0.39, 0.29) is 0 Å². The van der Waals surface area contributed by atoms with Gasteiger partial charge < -0.3 is 18.9 Å². The first kappa shape index (κ1) is 63.0. The lowest BCUT2D eigenvalue weighted by Crippen LogP contribution is -1.99. The summed E-state index contributed by atoms with van der Waals surface area (Å²) in [6.07, 6.45) is 52.8. The van der Waals surface area contributed by atoms with Crippen LogP contribution in [0.25, 0.3) is 53.9 Å². The average molecular weight is 1070 g/mol. The minimum absolute atomic E-state index is 0.750. The molecule has 4 heteroatoms. The molecule has 0 aliphatic rings. The third-order valence-corrected chi connectivity index (χ3v) is 16.9. The normalized spacial score (nSPS) is 11.8. The Morgan fingerprint density at radius 3 is 0.538 bits per heavy atom. The Bertz CT molecular complexity index is 2180. The summed E-state index contributed by atoms with van der Waals surface area (Å²) in [6, 6.07) is 27.5. The molecule has 432 valence electrons. The lowest BCUT2D eigenvalue weighted by atomic mass is 9.87. The zero-order chi connectivity index (χ0) is 54.5. The number of hydrogen-bond acceptors (Lipinski definition) is 4. The molecular formula is C74H112O4. The monoisotopic (exact) mass is 1060 g/mol. The summed E-state index contributed by atoms with van der Waals surface area (Å²) in [5.41, 5.74) is 0. The summed E-state index contributed by atoms with van der Waals surface area (Å²) in [5, 5.41) is 12.5. The van der Waals surface area contributed by atoms with Crippen LogP contribution < -0.4 is 18.9 Å². The summed E-state index contributed by atoms with van der Waals surface area (Å²) in [4.78, 5) is 0. The molecule has 0 fully saturated rings. The molecule has 4 nitrogen and oxygen atoms in total. The van der Waals surface area contributed by atoms with E-state index in [1.807, 2.05) is 0 Å². The molecule has 0 unspecified atom stereocenters. The second kappa shape index (κ2) is 39.3. The van der Waals surface area contributed by atoms with Crippen LogP contribution in [0.2, 0.25) is 0 Å². The highest BCUT2D eigenvalue weighted by atomic mass is 16.5. The first-order chi connectivity index (χ1) is 38.7. The van der Waals surface area contributed by atoms with E-state index in [1.54, 1.807) is 0 Å². The molecule has 0 saturated heterocycles. The Balaban J connectivity index is 1.25. The Labute approximate surface area is 477 Å². The standard InChI is InChI=1S/C74H112O4/c1-5-9-13-17-21-25-29-33-37-41-53-75-61-45-49-65-69(57-61)70-58-62(76-54-42-38-34-30-26-22-18-14-10-6-2)46-50-66(70)74-68-52-48-64(78-56-44-40-36-32-28-24-20-16-12-8-4)60-72(68)71-59-63(47-51-67(71)73(65)74)77-55-43-39-35-31-27-23-19-15-11-7-3/h45-52,57-60H,5-44,53-56H2,1-4H3. The van der Waals surface area contributed by atoms with Gasteiger partial charge in [-0.2, -0.15) is 0 Å². The van der Waals surface area contributed by atoms with Gasteiger partial charge in [0.1, 0.15) is 23.0 Å². The van der Waals surface area contributed by atoms with Gasteiger partial charge in [-0.05, 0) is 128 Å². The number of hydrogen-bond donors (Lipinski definition) is 0. The van der Waals surface area contributed by atoms with Crippen LogP contribution in [0, 0.1) is 0 Å². The quantitative estimate of drug-likeness (QED) is 0.0282. The molecule has 0 aromatic heterocycles. The van der Waals surface area contributed by atoms with Crippen LogP contribution in [0.4, 0.5) is 0 Å². The molecule has 0 amide bonds. The number of unbranched alkanes of at least 4 members (excludes halogenated alkanes) is 36. The highest BCUT2D eigenvalue weighted by Crippen LogP contribution is 2.47. The maximum Gasteiger partial charge on any atom is 0.119 e. The molecule has 0 radical (unpaired) electrons. The Hall–Kier alpha value is -4.18. The van der Waals surface area contributed by atoms with Crippen LogP contribution in [-0.4, -0.2) is 26.4 Å². The van der Waals surface area contributed by atoms with Crippen LogP contribution >= 0.6 is 0 Å². The summed E-state index contributed by atoms with van der Waals surface area (Å²) in [6.45, 7) is 12.2. The molecule has 0 aliphatic carbocycles. The molecule has 0 bridgehead atoms. The maximum atomic E-state index is 6.62. The average Bonchev–Trinajstić information content (AvgIpc) is 3.66. The molecule has 6 aromatic carbocycles. The van der Waals surface area contributed by atoms with Crippen molar-refractivity contribution in [1.82, 2.24) is 0 Å². The smallest absolute Gasteiger partial charge is 0.119 e. The molecule has 0 spiro atoms. The van der Waals surface area contributed by atoms with Crippen molar-refractivity contribution in [3.05, 3.63) is 72.8 Å². The van der Waals surface area contributed by atoms with Gasteiger partial charge in [-0.15, -0.1) is 0 Å². The van der Waals surface area contributed by atoms with Gasteiger partial charge in [0.2, 0.25) is 0 Å². The van der Waals surface area contributed by atoms with Crippen LogP contribution in [0.3, 0.4) is 0 Å². The fourth-order valence-corrected chi connectivity index (χ4v) is 12.2. The number of benzene rings is 6. The van der Waals surface area contributed by atoms with Crippen LogP contribution in [0.15, 0.2) is 72.8 Å². The van der Waals surface area contributed by atoms with Crippen molar-refractivity contribution in [3.8, 4) is 23.0 Å². The molecular weight excluding hydrogens is 953 g/mol. The first-order valence-electron chi connectivity index (χ1n) is 33.5. The molecule has 0 atom stereocenters. The predicted octanol–water partition coefficient (Wildman–Crippen LogP) is 24.7. The van der Waals surface area contributed by atoms with Gasteiger partial charge in [-0.25, -0.2) is 0 Å². The third-order valence-electron chi connectivity index (χ3n) is 16.9. The van der Waals surface area contributed by atoms with E-state index in [2.05, 4.69) is 100 Å². The highest BCUT2D eigenvalue weighted by molar-refractivity contribution is 6.39. The Morgan fingerprint density at radius 2 is 0.359 bits per heavy atom. The van der Waals surface area contributed by atoms with E-state index in [4.69, 9.17) is 18.9 Å². The second-order valence-electron chi connectivity index (χ2n) is 23.7. The highest BCUT2D eigenvalue weighted by Gasteiger charge is 2.19. The van der Waals surface area contributed by atoms with E-state index in [1.165, 1.54) is 285 Å². The van der Waals surface area contributed by atoms with Crippen LogP contribution in [0.5, 0.6) is 23.0 Å². The van der Waals surface area contributed by atoms with Gasteiger partial charge in [-0.1, -0.05) is 283 Å². The van der Waals surface area contributed by atoms with E-state index < -0.39 is 0 Å². The fourth-order valence-electron chi connectivity index (χ4n) is 12.2. The van der Waals surface area contributed by atoms with Gasteiger partial charge in [0.25, 0.3) is 0 Å². The van der Waals surface area contributed by atoms with Crippen LogP contribution in [0.1, 0.15) is 285 Å². The molecule has 0 heterocycles. The van der Waals surface area contributed by atoms with Crippen molar-refractivity contribution in [2.75, 3.05) is 26.4 Å². The van der Waals surface area contributed by atoms with E-state index in [9.17, 15) is 0 Å². The zero-order valence-corrected chi connectivity index (χ0v) is 50.7. The van der Waals surface area contributed by atoms with Crippen molar-refractivity contribution >= 4 is 53.9 Å². The van der Waals surface area contributed by atoms with E-state index in [0.717, 1.165) is 75.1 Å². The fraction of sp³-hybridized carbons (Fsp3) is 0.649. The van der Waals surface area contributed by atoms with Crippen molar-refractivity contribution in [3.63, 3.8) is 0 Å². The summed E-state index contributed by atoms with van der Waals surface area (Å²) < 4.78 is 26.5. The van der Waals surface area contributed by atoms with Gasteiger partial charge in [0.15, 0.2) is 0 Å². The summed E-state index contributed by atoms with van der Waals surface area (Å²) in [5.74, 6) is 3.81. The van der Waals surface area contributed by atoms with Gasteiger partial charge in [0.05, 0.1) is 26.4 Å². The number of fused-ring (bicyclic) bond motifs is 11. The third kappa shape index (κ3) is 22.0. The number of ether oxygens (including phenoxy) is 4. The van der Waals surface area contributed by atoms with Crippen LogP contribution in [-0.2, 0) is 0 Å². The van der Waals surface area contributed by atoms with Crippen molar-refractivity contribution < 1.29 is 18.9 Å². The first-order valence-corrected chi connectivity index (χ1v) is 33.5. The topological polar surface area (TPSA) is 36.9 Å². The number of rotatable bonds is 48. The Kier molecular flexibility index (Phi) is 31.7. The molecule has 0 aliphatic heterocycles. The van der Waals surface area contributed by atoms with Gasteiger partial charge >= 0.3 is 0 Å². The van der Waals surface area contributed by atoms with Crippen molar-refractivity contribution in [2.24, 2.45) is 0 Å². The predicted molar refractivity (Wildman–Crippen MR) is 343 cm³/mol. The minimum Gasteiger partial charge on any atom is -0.494 e. The second-order valence-corrected chi connectivity index (χ2v) is 23.7. The summed E-state index contributed by atoms with van der Waals surface area (Å²) in [7, 11) is 0. The molecule has 6 aromatic rings. The van der Waals surface area contributed by atoms with E-state index >= 15 is 0 Å². The lowest BCUT2D eigenvalue weighted by Gasteiger charge is -2.19. The maximum absolute atomic E-state index is 6.62. The lowest BCUT2D eigenvalue weighted by molar-refractivity contribution is 0.304. The van der Waals surface area contributed by atoms with Gasteiger partial charge in [0, 0.05) is 0 Å². The molecule has 0 saturated carbocycles. The minimum atomic E-state index is 0.750. The zero-order valence-electron chi connectivity index (χ0n) is 50.7. The summed E-state index contributed by atoms with van der Waals surface area (Å²) >= 11 is 0. The molecule has 6 rings (SSSR count). The van der Waals surface area contributed by atoms with E-state index in [0.29, 0.717) is 0 Å². The van der Waals surface area contributed by atoms with Gasteiger partial charge in [-0.3, -0.25) is 0 Å². The Morgan fingerprint density at radius 1 is 0.192 bits per heavy atom.